The molecule has 6 aromatic rings. The molecule has 1 saturated heterocycles. The van der Waals surface area contributed by atoms with Crippen LogP contribution in [0.5, 0.6) is 0 Å². The van der Waals surface area contributed by atoms with E-state index >= 15 is 0 Å². The molecule has 0 saturated carbocycles. The first-order valence-corrected chi connectivity index (χ1v) is 15.2. The molecule has 7 rings (SSSR count). The molecule has 208 valence electrons. The zero-order valence-corrected chi connectivity index (χ0v) is 24.0. The summed E-state index contributed by atoms with van der Waals surface area (Å²) < 4.78 is 2.41. The van der Waals surface area contributed by atoms with E-state index < -0.39 is 0 Å². The van der Waals surface area contributed by atoms with E-state index in [1.54, 1.807) is 0 Å². The highest BCUT2D eigenvalue weighted by molar-refractivity contribution is 5.88. The van der Waals surface area contributed by atoms with Gasteiger partial charge in [0, 0.05) is 35.3 Å². The van der Waals surface area contributed by atoms with Gasteiger partial charge in [-0.05, 0) is 92.0 Å². The third-order valence-corrected chi connectivity index (χ3v) is 8.47. The Morgan fingerprint density at radius 2 is 1.40 bits per heavy atom. The van der Waals surface area contributed by atoms with Crippen LogP contribution >= 0.6 is 0 Å². The number of pyridine rings is 2. The SMILES string of the molecule is c1ccc(-c2ccc(N=c3ccn(CCCN4CCCCC4)c4cc(-c5cnc6ccccc6c5)ccc34)cc2)cc1. The molecule has 1 fully saturated rings. The zero-order chi connectivity index (χ0) is 28.1. The van der Waals surface area contributed by atoms with E-state index in [4.69, 9.17) is 9.98 Å². The Balaban J connectivity index is 1.25. The second-order valence-corrected chi connectivity index (χ2v) is 11.3. The van der Waals surface area contributed by atoms with Crippen LogP contribution in [0.3, 0.4) is 0 Å². The molecule has 0 radical (unpaired) electrons. The van der Waals surface area contributed by atoms with Crippen LogP contribution in [0.1, 0.15) is 25.7 Å². The number of hydrogen-bond donors (Lipinski definition) is 0. The summed E-state index contributed by atoms with van der Waals surface area (Å²) in [6.07, 6.45) is 9.40. The Morgan fingerprint density at radius 3 is 2.26 bits per heavy atom. The Bertz CT molecular complexity index is 1880. The van der Waals surface area contributed by atoms with Crippen LogP contribution in [0.4, 0.5) is 5.69 Å². The number of rotatable bonds is 7. The minimum absolute atomic E-state index is 0.960. The second-order valence-electron chi connectivity index (χ2n) is 11.3. The van der Waals surface area contributed by atoms with Crippen molar-refractivity contribution in [3.05, 3.63) is 127 Å². The number of aromatic nitrogens is 2. The van der Waals surface area contributed by atoms with Gasteiger partial charge in [-0.1, -0.05) is 79.2 Å². The van der Waals surface area contributed by atoms with Crippen molar-refractivity contribution in [3.63, 3.8) is 0 Å². The Morgan fingerprint density at radius 1 is 0.643 bits per heavy atom. The van der Waals surface area contributed by atoms with Gasteiger partial charge in [-0.3, -0.25) is 4.98 Å². The van der Waals surface area contributed by atoms with Gasteiger partial charge in [0.15, 0.2) is 0 Å². The molecule has 42 heavy (non-hydrogen) atoms. The summed E-state index contributed by atoms with van der Waals surface area (Å²) in [7, 11) is 0. The molecular weight excluding hydrogens is 512 g/mol. The molecule has 1 aliphatic heterocycles. The second kappa shape index (κ2) is 12.1. The van der Waals surface area contributed by atoms with Crippen LogP contribution in [-0.2, 0) is 6.54 Å². The van der Waals surface area contributed by atoms with E-state index in [1.165, 1.54) is 59.9 Å². The van der Waals surface area contributed by atoms with E-state index in [0.29, 0.717) is 0 Å². The van der Waals surface area contributed by atoms with E-state index in [-0.39, 0.29) is 0 Å². The predicted molar refractivity (Wildman–Crippen MR) is 175 cm³/mol. The molecule has 2 aromatic heterocycles. The lowest BCUT2D eigenvalue weighted by molar-refractivity contribution is 0.223. The van der Waals surface area contributed by atoms with Gasteiger partial charge in [0.25, 0.3) is 0 Å². The van der Waals surface area contributed by atoms with Crippen LogP contribution in [0.25, 0.3) is 44.1 Å². The van der Waals surface area contributed by atoms with Crippen LogP contribution in [-0.4, -0.2) is 34.1 Å². The smallest absolute Gasteiger partial charge is 0.0744 e. The number of hydrogen-bond acceptors (Lipinski definition) is 3. The molecule has 1 aliphatic rings. The average molecular weight is 549 g/mol. The van der Waals surface area contributed by atoms with Crippen LogP contribution in [0, 0.1) is 0 Å². The standard InChI is InChI=1S/C38H36N4/c1-3-10-29(11-4-1)30-14-17-34(18-15-30)40-37-20-25-42(24-9-23-41-21-7-2-8-22-41)38-27-31(16-19-35(37)38)33-26-32-12-5-6-13-36(32)39-28-33/h1,3-6,10-20,25-28H,2,7-9,21-24H2. The summed E-state index contributed by atoms with van der Waals surface area (Å²) in [5.41, 5.74) is 7.92. The maximum atomic E-state index is 5.11. The highest BCUT2D eigenvalue weighted by Crippen LogP contribution is 2.27. The number of piperidine rings is 1. The van der Waals surface area contributed by atoms with Gasteiger partial charge < -0.3 is 9.47 Å². The molecule has 0 aliphatic carbocycles. The fraction of sp³-hybridized carbons (Fsp3) is 0.211. The molecule has 3 heterocycles. The molecule has 4 nitrogen and oxygen atoms in total. The van der Waals surface area contributed by atoms with Gasteiger partial charge in [-0.25, -0.2) is 4.99 Å². The van der Waals surface area contributed by atoms with Gasteiger partial charge in [0.05, 0.1) is 22.1 Å². The maximum absolute atomic E-state index is 5.11. The molecule has 0 amide bonds. The first-order valence-electron chi connectivity index (χ1n) is 15.2. The minimum Gasteiger partial charge on any atom is -0.347 e. The van der Waals surface area contributed by atoms with Gasteiger partial charge in [0.1, 0.15) is 0 Å². The lowest BCUT2D eigenvalue weighted by atomic mass is 10.0. The first-order chi connectivity index (χ1) is 20.8. The van der Waals surface area contributed by atoms with Gasteiger partial charge >= 0.3 is 0 Å². The third kappa shape index (κ3) is 5.77. The monoisotopic (exact) mass is 548 g/mol. The van der Waals surface area contributed by atoms with Crippen molar-refractivity contribution in [2.75, 3.05) is 19.6 Å². The number of para-hydroxylation sites is 1. The van der Waals surface area contributed by atoms with E-state index in [0.717, 1.165) is 47.0 Å². The largest absolute Gasteiger partial charge is 0.347 e. The van der Waals surface area contributed by atoms with Crippen molar-refractivity contribution in [2.45, 2.75) is 32.2 Å². The summed E-state index contributed by atoms with van der Waals surface area (Å²) in [4.78, 5) is 12.5. The van der Waals surface area contributed by atoms with Crippen LogP contribution in [0.15, 0.2) is 127 Å². The van der Waals surface area contributed by atoms with Crippen molar-refractivity contribution < 1.29 is 0 Å². The molecule has 0 N–H and O–H groups in total. The van der Waals surface area contributed by atoms with Crippen molar-refractivity contribution in [1.82, 2.24) is 14.5 Å². The quantitative estimate of drug-likeness (QED) is 0.200. The van der Waals surface area contributed by atoms with Crippen molar-refractivity contribution in [3.8, 4) is 22.3 Å². The lowest BCUT2D eigenvalue weighted by Crippen LogP contribution is -2.31. The summed E-state index contributed by atoms with van der Waals surface area (Å²) in [6, 6.07) is 38.5. The fourth-order valence-electron chi connectivity index (χ4n) is 6.16. The van der Waals surface area contributed by atoms with E-state index in [9.17, 15) is 0 Å². The summed E-state index contributed by atoms with van der Waals surface area (Å²) in [6.45, 7) is 4.62. The Kier molecular flexibility index (Phi) is 7.62. The molecule has 0 bridgehead atoms. The highest BCUT2D eigenvalue weighted by Gasteiger charge is 2.11. The molecule has 0 atom stereocenters. The molecule has 4 aromatic carbocycles. The number of benzene rings is 4. The number of likely N-dealkylation sites (tertiary alicyclic amines) is 1. The zero-order valence-electron chi connectivity index (χ0n) is 24.0. The summed E-state index contributed by atoms with van der Waals surface area (Å²) in [5.74, 6) is 0. The van der Waals surface area contributed by atoms with Crippen LogP contribution in [0.2, 0.25) is 0 Å². The van der Waals surface area contributed by atoms with Crippen LogP contribution < -0.4 is 5.36 Å². The lowest BCUT2D eigenvalue weighted by Gasteiger charge is -2.26. The van der Waals surface area contributed by atoms with Gasteiger partial charge in [-0.2, -0.15) is 0 Å². The normalized spacial score (nSPS) is 14.5. The van der Waals surface area contributed by atoms with Gasteiger partial charge in [-0.15, -0.1) is 0 Å². The maximum Gasteiger partial charge on any atom is 0.0744 e. The molecule has 0 unspecified atom stereocenters. The van der Waals surface area contributed by atoms with Crippen molar-refractivity contribution in [2.24, 2.45) is 4.99 Å². The highest BCUT2D eigenvalue weighted by atomic mass is 15.1. The summed E-state index contributed by atoms with van der Waals surface area (Å²) >= 11 is 0. The predicted octanol–water partition coefficient (Wildman–Crippen LogP) is 8.63. The fourth-order valence-corrected chi connectivity index (χ4v) is 6.16. The van der Waals surface area contributed by atoms with Crippen molar-refractivity contribution >= 4 is 27.5 Å². The third-order valence-electron chi connectivity index (χ3n) is 8.47. The molecule has 0 spiro atoms. The summed E-state index contributed by atoms with van der Waals surface area (Å²) in [5, 5.41) is 3.32. The number of nitrogens with zero attached hydrogens (tertiary/aromatic N) is 4. The number of aryl methyl sites for hydroxylation is 1. The first kappa shape index (κ1) is 26.4. The molecular formula is C38H36N4. The average Bonchev–Trinajstić information content (AvgIpc) is 3.06. The minimum atomic E-state index is 0.960. The Hall–Kier alpha value is -4.54. The molecule has 4 heteroatoms. The van der Waals surface area contributed by atoms with Gasteiger partial charge in [0.2, 0.25) is 0 Å². The van der Waals surface area contributed by atoms with E-state index in [2.05, 4.69) is 119 Å². The topological polar surface area (TPSA) is 33.4 Å². The van der Waals surface area contributed by atoms with E-state index in [1.807, 2.05) is 12.3 Å². The Labute approximate surface area is 247 Å². The van der Waals surface area contributed by atoms with Crippen molar-refractivity contribution in [1.29, 1.82) is 0 Å². The number of fused-ring (bicyclic) bond motifs is 2.